The van der Waals surface area contributed by atoms with Crippen molar-refractivity contribution in [2.45, 2.75) is 17.1 Å². The molecule has 2 heterocycles. The average Bonchev–Trinajstić information content (AvgIpc) is 3.22. The van der Waals surface area contributed by atoms with E-state index < -0.39 is 10.0 Å². The van der Waals surface area contributed by atoms with Gasteiger partial charge in [0.2, 0.25) is 5.09 Å². The molecule has 3 N–H and O–H groups in total. The molecule has 2 aromatic rings. The Hall–Kier alpha value is -1.87. The topological polar surface area (TPSA) is 106 Å². The molecule has 0 bridgehead atoms. The van der Waals surface area contributed by atoms with Gasteiger partial charge in [0.15, 0.2) is 5.76 Å². The average molecular weight is 386 g/mol. The molecular formula is C16H20ClN3O4S. The van der Waals surface area contributed by atoms with Crippen molar-refractivity contribution in [1.29, 1.82) is 0 Å². The van der Waals surface area contributed by atoms with Gasteiger partial charge in [-0.2, -0.15) is 0 Å². The van der Waals surface area contributed by atoms with Gasteiger partial charge in [-0.25, -0.2) is 13.1 Å². The maximum Gasteiger partial charge on any atom is 0.289 e. The molecule has 0 spiro atoms. The molecule has 1 saturated heterocycles. The van der Waals surface area contributed by atoms with E-state index in [1.54, 1.807) is 4.90 Å². The summed E-state index contributed by atoms with van der Waals surface area (Å²) in [6.07, 6.45) is 0. The Bertz CT molecular complexity index is 838. The molecule has 1 aliphatic rings. The van der Waals surface area contributed by atoms with Crippen LogP contribution in [0.15, 0.2) is 52.0 Å². The van der Waals surface area contributed by atoms with Crippen LogP contribution in [0.5, 0.6) is 0 Å². The predicted octanol–water partition coefficient (Wildman–Crippen LogP) is 1.18. The minimum atomic E-state index is -3.71. The van der Waals surface area contributed by atoms with Gasteiger partial charge in [-0.15, -0.1) is 12.4 Å². The predicted molar refractivity (Wildman–Crippen MR) is 95.3 cm³/mol. The molecule has 1 aromatic carbocycles. The summed E-state index contributed by atoms with van der Waals surface area (Å²) in [5.41, 5.74) is 7.26. The van der Waals surface area contributed by atoms with Gasteiger partial charge in [-0.3, -0.25) is 4.79 Å². The van der Waals surface area contributed by atoms with Crippen molar-refractivity contribution in [3.63, 3.8) is 0 Å². The molecule has 0 unspecified atom stereocenters. The fraction of sp³-hybridized carbons (Fsp3) is 0.312. The molecular weight excluding hydrogens is 366 g/mol. The Morgan fingerprint density at radius 2 is 1.88 bits per heavy atom. The fourth-order valence-corrected chi connectivity index (χ4v) is 3.53. The minimum Gasteiger partial charge on any atom is -0.438 e. The second kappa shape index (κ2) is 7.57. The maximum absolute atomic E-state index is 12.6. The number of benzene rings is 1. The van der Waals surface area contributed by atoms with Crippen molar-refractivity contribution in [1.82, 2.24) is 9.62 Å². The van der Waals surface area contributed by atoms with Gasteiger partial charge >= 0.3 is 0 Å². The van der Waals surface area contributed by atoms with E-state index in [9.17, 15) is 13.2 Å². The summed E-state index contributed by atoms with van der Waals surface area (Å²) in [5.74, 6) is -0.322. The molecule has 1 aromatic heterocycles. The first-order chi connectivity index (χ1) is 11.4. The van der Waals surface area contributed by atoms with Gasteiger partial charge in [0.25, 0.3) is 15.9 Å². The summed E-state index contributed by atoms with van der Waals surface area (Å²) < 4.78 is 30.8. The largest absolute Gasteiger partial charge is 0.438 e. The molecule has 0 aliphatic carbocycles. The monoisotopic (exact) mass is 385 g/mol. The molecule has 2 atom stereocenters. The summed E-state index contributed by atoms with van der Waals surface area (Å²) in [5, 5.41) is -0.281. The van der Waals surface area contributed by atoms with E-state index >= 15 is 0 Å². The Kier molecular flexibility index (Phi) is 5.89. The van der Waals surface area contributed by atoms with E-state index in [4.69, 9.17) is 10.2 Å². The Balaban J connectivity index is 0.00000225. The highest BCUT2D eigenvalue weighted by Crippen LogP contribution is 2.28. The smallest absolute Gasteiger partial charge is 0.289 e. The van der Waals surface area contributed by atoms with Crippen LogP contribution in [0.1, 0.15) is 22.0 Å². The lowest BCUT2D eigenvalue weighted by molar-refractivity contribution is 0.0751. The first-order valence-electron chi connectivity index (χ1n) is 7.55. The van der Waals surface area contributed by atoms with E-state index in [1.807, 2.05) is 30.3 Å². The van der Waals surface area contributed by atoms with Gasteiger partial charge < -0.3 is 15.1 Å². The van der Waals surface area contributed by atoms with Crippen LogP contribution in [0.3, 0.4) is 0 Å². The molecule has 0 saturated carbocycles. The first-order valence-corrected chi connectivity index (χ1v) is 9.04. The molecule has 1 aliphatic heterocycles. The van der Waals surface area contributed by atoms with Gasteiger partial charge in [-0.05, 0) is 24.7 Å². The third-order valence-corrected chi connectivity index (χ3v) is 5.49. The number of nitrogens with one attached hydrogen (secondary N) is 1. The number of carbonyl (C=O) groups excluding carboxylic acids is 1. The lowest BCUT2D eigenvalue weighted by Gasteiger charge is -2.15. The lowest BCUT2D eigenvalue weighted by atomic mass is 9.95. The molecule has 3 rings (SSSR count). The molecule has 0 radical (unpaired) electrons. The zero-order valence-corrected chi connectivity index (χ0v) is 15.2. The van der Waals surface area contributed by atoms with Crippen molar-refractivity contribution < 1.29 is 17.6 Å². The zero-order valence-electron chi connectivity index (χ0n) is 13.6. The molecule has 25 heavy (non-hydrogen) atoms. The van der Waals surface area contributed by atoms with Crippen LogP contribution in [0.2, 0.25) is 0 Å². The number of carbonyl (C=O) groups is 1. The number of rotatable bonds is 4. The van der Waals surface area contributed by atoms with Crippen LogP contribution >= 0.6 is 12.4 Å². The number of halogens is 1. The van der Waals surface area contributed by atoms with Crippen LogP contribution in [-0.4, -0.2) is 45.4 Å². The second-order valence-corrected chi connectivity index (χ2v) is 7.53. The van der Waals surface area contributed by atoms with Gasteiger partial charge in [0.05, 0.1) is 0 Å². The normalized spacial score (nSPS) is 20.3. The summed E-state index contributed by atoms with van der Waals surface area (Å²) in [6.45, 7) is 0.867. The summed E-state index contributed by atoms with van der Waals surface area (Å²) in [4.78, 5) is 14.2. The number of hydrogen-bond acceptors (Lipinski definition) is 5. The van der Waals surface area contributed by atoms with E-state index in [2.05, 4.69) is 4.72 Å². The summed E-state index contributed by atoms with van der Waals surface area (Å²) in [6, 6.07) is 12.2. The highest BCUT2D eigenvalue weighted by molar-refractivity contribution is 7.89. The SMILES string of the molecule is CNS(=O)(=O)c1ccc(C(=O)N2C[C@@H](N)[C@H](c3ccccc3)C2)o1.Cl. The number of hydrogen-bond donors (Lipinski definition) is 2. The number of nitrogens with zero attached hydrogens (tertiary/aromatic N) is 1. The quantitative estimate of drug-likeness (QED) is 0.821. The summed E-state index contributed by atoms with van der Waals surface area (Å²) in [7, 11) is -2.43. The molecule has 1 fully saturated rings. The molecule has 9 heteroatoms. The number of sulfonamides is 1. The first kappa shape index (κ1) is 19.5. The Labute approximate surface area is 152 Å². The van der Waals surface area contributed by atoms with E-state index in [-0.39, 0.29) is 41.1 Å². The van der Waals surface area contributed by atoms with Crippen LogP contribution in [-0.2, 0) is 10.0 Å². The van der Waals surface area contributed by atoms with Crippen LogP contribution in [0.4, 0.5) is 0 Å². The highest BCUT2D eigenvalue weighted by Gasteiger charge is 2.35. The number of likely N-dealkylation sites (tertiary alicyclic amines) is 1. The standard InChI is InChI=1S/C16H19N3O4S.ClH/c1-18-24(21,22)15-8-7-14(23-15)16(20)19-9-12(13(17)10-19)11-5-3-2-4-6-11;/h2-8,12-13,18H,9-10,17H2,1H3;1H/t12-,13+;/m0./s1. The number of furan rings is 1. The van der Waals surface area contributed by atoms with Gasteiger partial charge in [-0.1, -0.05) is 30.3 Å². The maximum atomic E-state index is 12.6. The Morgan fingerprint density at radius 1 is 1.20 bits per heavy atom. The number of nitrogens with two attached hydrogens (primary N) is 1. The van der Waals surface area contributed by atoms with Gasteiger partial charge in [0.1, 0.15) is 0 Å². The third-order valence-electron chi connectivity index (χ3n) is 4.21. The van der Waals surface area contributed by atoms with E-state index in [0.717, 1.165) is 5.56 Å². The van der Waals surface area contributed by atoms with Crippen molar-refractivity contribution in [2.75, 3.05) is 20.1 Å². The third kappa shape index (κ3) is 3.87. The van der Waals surface area contributed by atoms with Crippen LogP contribution in [0.25, 0.3) is 0 Å². The molecule has 136 valence electrons. The highest BCUT2D eigenvalue weighted by atomic mass is 35.5. The molecule has 1 amide bonds. The van der Waals surface area contributed by atoms with Gasteiger partial charge in [0, 0.05) is 25.0 Å². The van der Waals surface area contributed by atoms with Crippen LogP contribution in [0, 0.1) is 0 Å². The Morgan fingerprint density at radius 3 is 2.52 bits per heavy atom. The van der Waals surface area contributed by atoms with E-state index in [0.29, 0.717) is 13.1 Å². The van der Waals surface area contributed by atoms with Crippen molar-refractivity contribution in [3.8, 4) is 0 Å². The number of amides is 1. The van der Waals surface area contributed by atoms with Crippen molar-refractivity contribution in [3.05, 3.63) is 53.8 Å². The minimum absolute atomic E-state index is 0. The zero-order chi connectivity index (χ0) is 17.3. The second-order valence-electron chi connectivity index (χ2n) is 5.72. The summed E-state index contributed by atoms with van der Waals surface area (Å²) >= 11 is 0. The fourth-order valence-electron chi connectivity index (χ4n) is 2.88. The molecule has 7 nitrogen and oxygen atoms in total. The van der Waals surface area contributed by atoms with Crippen molar-refractivity contribution in [2.24, 2.45) is 5.73 Å². The van der Waals surface area contributed by atoms with E-state index in [1.165, 1.54) is 19.2 Å². The van der Waals surface area contributed by atoms with Crippen LogP contribution < -0.4 is 10.5 Å². The lowest BCUT2D eigenvalue weighted by Crippen LogP contribution is -2.32. The van der Waals surface area contributed by atoms with Crippen molar-refractivity contribution >= 4 is 28.3 Å².